The number of piperidine rings is 1. The van der Waals surface area contributed by atoms with Gasteiger partial charge in [-0.25, -0.2) is 0 Å². The molecule has 1 atom stereocenters. The Bertz CT molecular complexity index is 733. The van der Waals surface area contributed by atoms with Gasteiger partial charge in [0.2, 0.25) is 5.91 Å². The molecule has 1 aliphatic heterocycles. The molecule has 1 saturated heterocycles. The van der Waals surface area contributed by atoms with Crippen LogP contribution in [0.2, 0.25) is 0 Å². The lowest BCUT2D eigenvalue weighted by Crippen LogP contribution is -2.59. The van der Waals surface area contributed by atoms with Crippen molar-refractivity contribution in [2.24, 2.45) is 5.92 Å². The molecule has 2 aliphatic rings. The zero-order chi connectivity index (χ0) is 20.7. The maximum absolute atomic E-state index is 13.5. The smallest absolute Gasteiger partial charge is 0.252 e. The van der Waals surface area contributed by atoms with Crippen molar-refractivity contribution in [3.8, 4) is 6.07 Å². The van der Waals surface area contributed by atoms with Gasteiger partial charge >= 0.3 is 0 Å². The van der Waals surface area contributed by atoms with Crippen molar-refractivity contribution in [3.05, 3.63) is 30.1 Å². The largest absolute Gasteiger partial charge is 0.340 e. The van der Waals surface area contributed by atoms with E-state index in [9.17, 15) is 14.9 Å². The van der Waals surface area contributed by atoms with Gasteiger partial charge < -0.3 is 15.5 Å². The first-order valence-electron chi connectivity index (χ1n) is 10.7. The van der Waals surface area contributed by atoms with Gasteiger partial charge in [0.05, 0.1) is 6.07 Å². The highest BCUT2D eigenvalue weighted by atomic mass is 16.2. The van der Waals surface area contributed by atoms with Gasteiger partial charge in [0.1, 0.15) is 11.6 Å². The Labute approximate surface area is 172 Å². The SMILES string of the molecule is CN(C(=O)C(CC1CCCCC1)NC(=O)c1ccncc1)C1(C#N)CCNCC1. The molecule has 0 spiro atoms. The van der Waals surface area contributed by atoms with E-state index in [0.29, 0.717) is 43.8 Å². The summed E-state index contributed by atoms with van der Waals surface area (Å²) in [5.74, 6) is -0.0115. The van der Waals surface area contributed by atoms with Crippen molar-refractivity contribution >= 4 is 11.8 Å². The number of aromatic nitrogens is 1. The van der Waals surface area contributed by atoms with Crippen molar-refractivity contribution < 1.29 is 9.59 Å². The molecule has 2 N–H and O–H groups in total. The number of likely N-dealkylation sites (N-methyl/N-ethyl adjacent to an activating group) is 1. The number of hydrogen-bond donors (Lipinski definition) is 2. The third kappa shape index (κ3) is 5.13. The van der Waals surface area contributed by atoms with E-state index >= 15 is 0 Å². The fraction of sp³-hybridized carbons (Fsp3) is 0.636. The molecule has 2 heterocycles. The molecule has 1 aromatic heterocycles. The Morgan fingerprint density at radius 3 is 2.55 bits per heavy atom. The molecule has 3 rings (SSSR count). The van der Waals surface area contributed by atoms with Gasteiger partial charge in [-0.15, -0.1) is 0 Å². The summed E-state index contributed by atoms with van der Waals surface area (Å²) >= 11 is 0. The van der Waals surface area contributed by atoms with E-state index in [1.54, 1.807) is 36.5 Å². The van der Waals surface area contributed by atoms with Crippen LogP contribution < -0.4 is 10.6 Å². The molecule has 2 amide bonds. The van der Waals surface area contributed by atoms with Crippen molar-refractivity contribution in [1.82, 2.24) is 20.5 Å². The quantitative estimate of drug-likeness (QED) is 0.767. The van der Waals surface area contributed by atoms with Gasteiger partial charge in [-0.2, -0.15) is 5.26 Å². The minimum Gasteiger partial charge on any atom is -0.340 e. The lowest BCUT2D eigenvalue weighted by molar-refractivity contribution is -0.137. The maximum Gasteiger partial charge on any atom is 0.252 e. The van der Waals surface area contributed by atoms with Crippen LogP contribution in [-0.2, 0) is 4.79 Å². The van der Waals surface area contributed by atoms with E-state index in [1.807, 2.05) is 0 Å². The maximum atomic E-state index is 13.5. The Kier molecular flexibility index (Phi) is 7.21. The Hall–Kier alpha value is -2.46. The van der Waals surface area contributed by atoms with Gasteiger partial charge in [-0.3, -0.25) is 14.6 Å². The lowest BCUT2D eigenvalue weighted by atomic mass is 9.83. The number of hydrogen-bond acceptors (Lipinski definition) is 5. The number of carbonyl (C=O) groups excluding carboxylic acids is 2. The fourth-order valence-electron chi connectivity index (χ4n) is 4.53. The number of nitriles is 1. The van der Waals surface area contributed by atoms with E-state index in [-0.39, 0.29) is 11.8 Å². The van der Waals surface area contributed by atoms with E-state index < -0.39 is 11.6 Å². The normalized spacial score (nSPS) is 20.3. The van der Waals surface area contributed by atoms with Crippen molar-refractivity contribution in [2.45, 2.75) is 62.9 Å². The summed E-state index contributed by atoms with van der Waals surface area (Å²) in [5.41, 5.74) is -0.324. The van der Waals surface area contributed by atoms with Crippen LogP contribution in [0.5, 0.6) is 0 Å². The molecule has 156 valence electrons. The van der Waals surface area contributed by atoms with E-state index in [0.717, 1.165) is 12.8 Å². The average molecular weight is 398 g/mol. The predicted molar refractivity (Wildman–Crippen MR) is 110 cm³/mol. The first-order chi connectivity index (χ1) is 14.1. The molecule has 1 aliphatic carbocycles. The number of pyridine rings is 1. The zero-order valence-corrected chi connectivity index (χ0v) is 17.2. The standard InChI is InChI=1S/C22H31N5O2/c1-27(22(16-23)9-13-25-14-10-22)21(29)19(15-17-5-3-2-4-6-17)26-20(28)18-7-11-24-12-8-18/h7-8,11-12,17,19,25H,2-6,9-10,13-15H2,1H3,(H,26,28). The van der Waals surface area contributed by atoms with Crippen LogP contribution in [0.4, 0.5) is 0 Å². The van der Waals surface area contributed by atoms with E-state index in [4.69, 9.17) is 0 Å². The van der Waals surface area contributed by atoms with Crippen LogP contribution in [0.3, 0.4) is 0 Å². The molecular formula is C22H31N5O2. The Balaban J connectivity index is 1.78. The fourth-order valence-corrected chi connectivity index (χ4v) is 4.53. The molecule has 7 nitrogen and oxygen atoms in total. The van der Waals surface area contributed by atoms with Crippen molar-refractivity contribution in [2.75, 3.05) is 20.1 Å². The zero-order valence-electron chi connectivity index (χ0n) is 17.2. The van der Waals surface area contributed by atoms with Gasteiger partial charge in [0.25, 0.3) is 5.91 Å². The van der Waals surface area contributed by atoms with Gasteiger partial charge in [0, 0.05) is 25.0 Å². The summed E-state index contributed by atoms with van der Waals surface area (Å²) in [6.07, 6.45) is 10.7. The van der Waals surface area contributed by atoms with E-state index in [1.165, 1.54) is 19.3 Å². The minimum absolute atomic E-state index is 0.165. The van der Waals surface area contributed by atoms with Crippen LogP contribution in [0.25, 0.3) is 0 Å². The van der Waals surface area contributed by atoms with Crippen LogP contribution >= 0.6 is 0 Å². The lowest BCUT2D eigenvalue weighted by Gasteiger charge is -2.41. The minimum atomic E-state index is -0.811. The molecule has 0 bridgehead atoms. The number of carbonyl (C=O) groups is 2. The number of rotatable bonds is 6. The summed E-state index contributed by atoms with van der Waals surface area (Å²) in [5, 5.41) is 16.1. The molecular weight excluding hydrogens is 366 g/mol. The predicted octanol–water partition coefficient (Wildman–Crippen LogP) is 2.25. The first kappa shape index (κ1) is 21.3. The van der Waals surface area contributed by atoms with Crippen LogP contribution in [-0.4, -0.2) is 53.4 Å². The molecule has 29 heavy (non-hydrogen) atoms. The van der Waals surface area contributed by atoms with E-state index in [2.05, 4.69) is 21.7 Å². The second-order valence-corrected chi connectivity index (χ2v) is 8.29. The summed E-state index contributed by atoms with van der Waals surface area (Å²) in [7, 11) is 1.71. The average Bonchev–Trinajstić information content (AvgIpc) is 2.79. The van der Waals surface area contributed by atoms with Gasteiger partial charge in [-0.1, -0.05) is 32.1 Å². The highest BCUT2D eigenvalue weighted by molar-refractivity contribution is 5.97. The molecule has 1 saturated carbocycles. The first-order valence-corrected chi connectivity index (χ1v) is 10.7. The second kappa shape index (κ2) is 9.84. The molecule has 7 heteroatoms. The Morgan fingerprint density at radius 1 is 1.28 bits per heavy atom. The van der Waals surface area contributed by atoms with Crippen LogP contribution in [0.15, 0.2) is 24.5 Å². The Morgan fingerprint density at radius 2 is 1.93 bits per heavy atom. The van der Waals surface area contributed by atoms with Crippen molar-refractivity contribution in [3.63, 3.8) is 0 Å². The highest BCUT2D eigenvalue weighted by Crippen LogP contribution is 2.30. The van der Waals surface area contributed by atoms with Crippen molar-refractivity contribution in [1.29, 1.82) is 5.26 Å². The summed E-state index contributed by atoms with van der Waals surface area (Å²) < 4.78 is 0. The van der Waals surface area contributed by atoms with Crippen LogP contribution in [0.1, 0.15) is 61.7 Å². The molecule has 0 radical (unpaired) electrons. The summed E-state index contributed by atoms with van der Waals surface area (Å²) in [6.45, 7) is 1.42. The third-order valence-corrected chi connectivity index (χ3v) is 6.45. The monoisotopic (exact) mass is 397 g/mol. The topological polar surface area (TPSA) is 98.1 Å². The number of amides is 2. The number of nitrogens with one attached hydrogen (secondary N) is 2. The van der Waals surface area contributed by atoms with Gasteiger partial charge in [0.15, 0.2) is 0 Å². The summed E-state index contributed by atoms with van der Waals surface area (Å²) in [6, 6.07) is 5.05. The van der Waals surface area contributed by atoms with Crippen LogP contribution in [0, 0.1) is 17.2 Å². The van der Waals surface area contributed by atoms with Gasteiger partial charge in [-0.05, 0) is 50.4 Å². The molecule has 1 unspecified atom stereocenters. The molecule has 0 aromatic carbocycles. The summed E-state index contributed by atoms with van der Waals surface area (Å²) in [4.78, 5) is 31.8. The molecule has 2 fully saturated rings. The molecule has 1 aromatic rings. The highest BCUT2D eigenvalue weighted by Gasteiger charge is 2.41. The third-order valence-electron chi connectivity index (χ3n) is 6.45. The number of nitrogens with zero attached hydrogens (tertiary/aromatic N) is 3. The second-order valence-electron chi connectivity index (χ2n) is 8.29.